The third-order valence-corrected chi connectivity index (χ3v) is 4.35. The van der Waals surface area contributed by atoms with Crippen LogP contribution in [0.1, 0.15) is 18.1 Å². The first-order chi connectivity index (χ1) is 8.90. The Hall–Kier alpha value is -1.42. The first-order valence-corrected chi connectivity index (χ1v) is 7.54. The third-order valence-electron chi connectivity index (χ3n) is 2.78. The Labute approximate surface area is 114 Å². The normalized spacial score (nSPS) is 12.9. The van der Waals surface area contributed by atoms with Gasteiger partial charge in [-0.1, -0.05) is 13.0 Å². The van der Waals surface area contributed by atoms with Crippen LogP contribution in [0.15, 0.2) is 23.1 Å². The lowest BCUT2D eigenvalue weighted by atomic mass is 10.2. The first kappa shape index (κ1) is 15.6. The van der Waals surface area contributed by atoms with Crippen molar-refractivity contribution >= 4 is 10.0 Å². The van der Waals surface area contributed by atoms with E-state index in [4.69, 9.17) is 5.26 Å². The summed E-state index contributed by atoms with van der Waals surface area (Å²) in [6.45, 7) is 4.77. The summed E-state index contributed by atoms with van der Waals surface area (Å²) in [7, 11) is -1.74. The molecule has 2 N–H and O–H groups in total. The molecular weight excluding hydrogens is 262 g/mol. The topological polar surface area (TPSA) is 82.0 Å². The summed E-state index contributed by atoms with van der Waals surface area (Å²) in [4.78, 5) is 0.170. The van der Waals surface area contributed by atoms with Gasteiger partial charge >= 0.3 is 0 Å². The number of hydrogen-bond donors (Lipinski definition) is 2. The Morgan fingerprint density at radius 3 is 2.63 bits per heavy atom. The van der Waals surface area contributed by atoms with Crippen molar-refractivity contribution in [3.8, 4) is 6.07 Å². The predicted octanol–water partition coefficient (Wildman–Crippen LogP) is 1.00. The molecule has 0 heterocycles. The molecule has 0 aliphatic heterocycles. The van der Waals surface area contributed by atoms with Crippen LogP contribution in [-0.2, 0) is 10.0 Å². The van der Waals surface area contributed by atoms with E-state index >= 15 is 0 Å². The highest BCUT2D eigenvalue weighted by Gasteiger charge is 2.18. The summed E-state index contributed by atoms with van der Waals surface area (Å²) >= 11 is 0. The van der Waals surface area contributed by atoms with Crippen molar-refractivity contribution in [2.75, 3.05) is 20.1 Å². The largest absolute Gasteiger partial charge is 0.319 e. The second-order valence-corrected chi connectivity index (χ2v) is 6.34. The molecule has 104 valence electrons. The molecule has 0 saturated carbocycles. The van der Waals surface area contributed by atoms with Gasteiger partial charge in [-0.25, -0.2) is 13.1 Å². The van der Waals surface area contributed by atoms with Gasteiger partial charge in [0.25, 0.3) is 0 Å². The Kier molecular flexibility index (Phi) is 5.48. The van der Waals surface area contributed by atoms with Gasteiger partial charge in [0.05, 0.1) is 16.5 Å². The second-order valence-electron chi connectivity index (χ2n) is 4.61. The number of nitriles is 1. The molecule has 1 rings (SSSR count). The van der Waals surface area contributed by atoms with Gasteiger partial charge in [-0.2, -0.15) is 5.26 Å². The van der Waals surface area contributed by atoms with Gasteiger partial charge in [0.1, 0.15) is 0 Å². The number of benzene rings is 1. The molecule has 1 aromatic carbocycles. The molecule has 6 heteroatoms. The second kappa shape index (κ2) is 6.66. The standard InChI is InChI=1S/C13H19N3O2S/c1-10(8-15-3)9-16-19(17,18)13-6-12(7-14)5-4-11(13)2/h4-6,10,15-16H,8-9H2,1-3H3. The number of rotatable bonds is 6. The Morgan fingerprint density at radius 1 is 1.37 bits per heavy atom. The van der Waals surface area contributed by atoms with E-state index in [0.717, 1.165) is 6.54 Å². The fraction of sp³-hybridized carbons (Fsp3) is 0.462. The van der Waals surface area contributed by atoms with Gasteiger partial charge < -0.3 is 5.32 Å². The Morgan fingerprint density at radius 2 is 2.05 bits per heavy atom. The van der Waals surface area contributed by atoms with E-state index in [1.54, 1.807) is 19.1 Å². The van der Waals surface area contributed by atoms with E-state index in [1.165, 1.54) is 6.07 Å². The van der Waals surface area contributed by atoms with Crippen LogP contribution in [0.25, 0.3) is 0 Å². The molecule has 0 amide bonds. The van der Waals surface area contributed by atoms with Crippen LogP contribution in [0.3, 0.4) is 0 Å². The van der Waals surface area contributed by atoms with Crippen LogP contribution < -0.4 is 10.0 Å². The lowest BCUT2D eigenvalue weighted by Crippen LogP contribution is -2.32. The maximum Gasteiger partial charge on any atom is 0.240 e. The zero-order chi connectivity index (χ0) is 14.5. The lowest BCUT2D eigenvalue weighted by molar-refractivity contribution is 0.518. The van der Waals surface area contributed by atoms with Gasteiger partial charge in [0, 0.05) is 6.54 Å². The van der Waals surface area contributed by atoms with E-state index in [0.29, 0.717) is 17.7 Å². The fourth-order valence-corrected chi connectivity index (χ4v) is 3.14. The molecular formula is C13H19N3O2S. The van der Waals surface area contributed by atoms with E-state index < -0.39 is 10.0 Å². The molecule has 0 fully saturated rings. The molecule has 0 saturated heterocycles. The van der Waals surface area contributed by atoms with Crippen molar-refractivity contribution in [3.05, 3.63) is 29.3 Å². The average Bonchev–Trinajstić information content (AvgIpc) is 2.37. The molecule has 0 aliphatic carbocycles. The molecule has 19 heavy (non-hydrogen) atoms. The molecule has 0 bridgehead atoms. The minimum atomic E-state index is -3.57. The highest BCUT2D eigenvalue weighted by atomic mass is 32.2. The van der Waals surface area contributed by atoms with Crippen LogP contribution >= 0.6 is 0 Å². The first-order valence-electron chi connectivity index (χ1n) is 6.05. The summed E-state index contributed by atoms with van der Waals surface area (Å²) in [6, 6.07) is 6.60. The summed E-state index contributed by atoms with van der Waals surface area (Å²) in [5.41, 5.74) is 0.974. The number of nitrogens with zero attached hydrogens (tertiary/aromatic N) is 1. The van der Waals surface area contributed by atoms with Crippen molar-refractivity contribution in [3.63, 3.8) is 0 Å². The van der Waals surface area contributed by atoms with E-state index in [2.05, 4.69) is 10.0 Å². The smallest absolute Gasteiger partial charge is 0.240 e. The monoisotopic (exact) mass is 281 g/mol. The maximum atomic E-state index is 12.2. The van der Waals surface area contributed by atoms with Gasteiger partial charge in [0.15, 0.2) is 0 Å². The molecule has 0 radical (unpaired) electrons. The molecule has 1 atom stereocenters. The average molecular weight is 281 g/mol. The number of hydrogen-bond acceptors (Lipinski definition) is 4. The fourth-order valence-electron chi connectivity index (χ4n) is 1.71. The minimum Gasteiger partial charge on any atom is -0.319 e. The van der Waals surface area contributed by atoms with E-state index in [-0.39, 0.29) is 10.8 Å². The lowest BCUT2D eigenvalue weighted by Gasteiger charge is -2.13. The van der Waals surface area contributed by atoms with Crippen molar-refractivity contribution in [2.45, 2.75) is 18.7 Å². The van der Waals surface area contributed by atoms with Crippen LogP contribution in [-0.4, -0.2) is 28.6 Å². The van der Waals surface area contributed by atoms with Gasteiger partial charge in [0.2, 0.25) is 10.0 Å². The zero-order valence-corrected chi connectivity index (χ0v) is 12.2. The summed E-state index contributed by atoms with van der Waals surface area (Å²) in [6.07, 6.45) is 0. The van der Waals surface area contributed by atoms with Crippen molar-refractivity contribution in [2.24, 2.45) is 5.92 Å². The summed E-state index contributed by atoms with van der Waals surface area (Å²) in [5, 5.41) is 11.8. The van der Waals surface area contributed by atoms with Gasteiger partial charge in [-0.05, 0) is 44.1 Å². The quantitative estimate of drug-likeness (QED) is 0.815. The molecule has 1 aromatic rings. The van der Waals surface area contributed by atoms with Crippen molar-refractivity contribution < 1.29 is 8.42 Å². The predicted molar refractivity (Wildman–Crippen MR) is 74.2 cm³/mol. The van der Waals surface area contributed by atoms with E-state index in [9.17, 15) is 8.42 Å². The zero-order valence-electron chi connectivity index (χ0n) is 11.4. The minimum absolute atomic E-state index is 0.170. The molecule has 0 aromatic heterocycles. The summed E-state index contributed by atoms with van der Waals surface area (Å²) < 4.78 is 27.0. The Balaban J connectivity index is 2.92. The van der Waals surface area contributed by atoms with Crippen molar-refractivity contribution in [1.29, 1.82) is 5.26 Å². The molecule has 0 spiro atoms. The van der Waals surface area contributed by atoms with Crippen LogP contribution in [0.4, 0.5) is 0 Å². The number of sulfonamides is 1. The van der Waals surface area contributed by atoms with E-state index in [1.807, 2.05) is 20.0 Å². The number of nitrogens with one attached hydrogen (secondary N) is 2. The molecule has 0 aliphatic rings. The van der Waals surface area contributed by atoms with Crippen LogP contribution in [0.5, 0.6) is 0 Å². The highest BCUT2D eigenvalue weighted by molar-refractivity contribution is 7.89. The molecule has 5 nitrogen and oxygen atoms in total. The van der Waals surface area contributed by atoms with Crippen molar-refractivity contribution in [1.82, 2.24) is 10.0 Å². The highest BCUT2D eigenvalue weighted by Crippen LogP contribution is 2.16. The van der Waals surface area contributed by atoms with Gasteiger partial charge in [-0.15, -0.1) is 0 Å². The molecule has 1 unspecified atom stereocenters. The summed E-state index contributed by atoms with van der Waals surface area (Å²) in [5.74, 6) is 0.194. The SMILES string of the molecule is CNCC(C)CNS(=O)(=O)c1cc(C#N)ccc1C. The van der Waals surface area contributed by atoms with Crippen LogP contribution in [0.2, 0.25) is 0 Å². The third kappa shape index (κ3) is 4.31. The van der Waals surface area contributed by atoms with Crippen LogP contribution in [0, 0.1) is 24.2 Å². The van der Waals surface area contributed by atoms with Gasteiger partial charge in [-0.3, -0.25) is 0 Å². The Bertz CT molecular complexity index is 576. The number of aryl methyl sites for hydroxylation is 1. The maximum absolute atomic E-state index is 12.2.